The number of rotatable bonds is 3. The van der Waals surface area contributed by atoms with Gasteiger partial charge in [-0.15, -0.1) is 11.3 Å². The maximum Gasteiger partial charge on any atom is 0.417 e. The molecule has 8 heteroatoms. The number of thioether (sulfide) groups is 1. The van der Waals surface area contributed by atoms with Crippen molar-refractivity contribution in [2.24, 2.45) is 0 Å². The van der Waals surface area contributed by atoms with Crippen LogP contribution in [0.5, 0.6) is 0 Å². The molecule has 0 bridgehead atoms. The third-order valence-electron chi connectivity index (χ3n) is 2.65. The lowest BCUT2D eigenvalue weighted by atomic mass is 10.1. The molecule has 0 aliphatic carbocycles. The number of hydrogen-bond acceptors (Lipinski definition) is 5. The average Bonchev–Trinajstić information content (AvgIpc) is 2.99. The van der Waals surface area contributed by atoms with Gasteiger partial charge in [0, 0.05) is 0 Å². The molecule has 22 heavy (non-hydrogen) atoms. The third kappa shape index (κ3) is 3.41. The van der Waals surface area contributed by atoms with Gasteiger partial charge in [-0.2, -0.15) is 23.7 Å². The highest BCUT2D eigenvalue weighted by Crippen LogP contribution is 2.39. The van der Waals surface area contributed by atoms with Crippen molar-refractivity contribution in [3.63, 3.8) is 0 Å². The molecule has 0 N–H and O–H groups in total. The zero-order valence-corrected chi connectivity index (χ0v) is 12.8. The second kappa shape index (κ2) is 6.39. The van der Waals surface area contributed by atoms with Crippen LogP contribution in [0.15, 0.2) is 28.6 Å². The zero-order valence-electron chi connectivity index (χ0n) is 11.2. The van der Waals surface area contributed by atoms with Crippen LogP contribution in [0.3, 0.4) is 0 Å². The SMILES string of the molecule is C[C@@H](C#N)Sc1nc(-c2cccs2)cc(C(F)(F)F)c1C#N. The number of thiophene rings is 1. The summed E-state index contributed by atoms with van der Waals surface area (Å²) in [6.45, 7) is 1.54. The van der Waals surface area contributed by atoms with E-state index in [-0.39, 0.29) is 10.7 Å². The molecule has 0 radical (unpaired) electrons. The van der Waals surface area contributed by atoms with Crippen molar-refractivity contribution in [2.75, 3.05) is 0 Å². The second-order valence-corrected chi connectivity index (χ2v) is 6.49. The Morgan fingerprint density at radius 1 is 1.36 bits per heavy atom. The van der Waals surface area contributed by atoms with E-state index in [0.717, 1.165) is 17.8 Å². The van der Waals surface area contributed by atoms with E-state index < -0.39 is 22.6 Å². The lowest BCUT2D eigenvalue weighted by Crippen LogP contribution is -2.11. The van der Waals surface area contributed by atoms with Crippen molar-refractivity contribution in [3.8, 4) is 22.7 Å². The van der Waals surface area contributed by atoms with Gasteiger partial charge in [0.15, 0.2) is 0 Å². The Balaban J connectivity index is 2.68. The lowest BCUT2D eigenvalue weighted by molar-refractivity contribution is -0.138. The van der Waals surface area contributed by atoms with Crippen LogP contribution in [0.25, 0.3) is 10.6 Å². The van der Waals surface area contributed by atoms with E-state index in [1.807, 2.05) is 6.07 Å². The number of halogens is 3. The van der Waals surface area contributed by atoms with Crippen molar-refractivity contribution in [2.45, 2.75) is 23.4 Å². The van der Waals surface area contributed by atoms with Crippen LogP contribution in [-0.4, -0.2) is 10.2 Å². The van der Waals surface area contributed by atoms with Gasteiger partial charge in [-0.05, 0) is 24.4 Å². The predicted molar refractivity (Wildman–Crippen MR) is 78.2 cm³/mol. The molecule has 0 aliphatic heterocycles. The Morgan fingerprint density at radius 2 is 2.09 bits per heavy atom. The predicted octanol–water partition coefficient (Wildman–Crippen LogP) is 4.70. The van der Waals surface area contributed by atoms with E-state index in [9.17, 15) is 13.2 Å². The largest absolute Gasteiger partial charge is 0.417 e. The molecule has 0 amide bonds. The Kier molecular flexibility index (Phi) is 4.74. The fourth-order valence-corrected chi connectivity index (χ4v) is 3.18. The van der Waals surface area contributed by atoms with Gasteiger partial charge >= 0.3 is 6.18 Å². The van der Waals surface area contributed by atoms with Gasteiger partial charge in [-0.25, -0.2) is 4.98 Å². The van der Waals surface area contributed by atoms with Crippen LogP contribution in [-0.2, 0) is 6.18 Å². The van der Waals surface area contributed by atoms with Crippen molar-refractivity contribution in [1.82, 2.24) is 4.98 Å². The summed E-state index contributed by atoms with van der Waals surface area (Å²) in [5.41, 5.74) is -1.42. The third-order valence-corrected chi connectivity index (χ3v) is 4.52. The quantitative estimate of drug-likeness (QED) is 0.760. The number of nitriles is 2. The highest BCUT2D eigenvalue weighted by atomic mass is 32.2. The van der Waals surface area contributed by atoms with E-state index in [0.29, 0.717) is 4.88 Å². The minimum absolute atomic E-state index is 0.0743. The van der Waals surface area contributed by atoms with Crippen LogP contribution in [0.4, 0.5) is 13.2 Å². The summed E-state index contributed by atoms with van der Waals surface area (Å²) in [4.78, 5) is 4.72. The van der Waals surface area contributed by atoms with Gasteiger partial charge in [0.2, 0.25) is 0 Å². The molecule has 112 valence electrons. The van der Waals surface area contributed by atoms with E-state index in [2.05, 4.69) is 4.98 Å². The molecule has 0 unspecified atom stereocenters. The fraction of sp³-hybridized carbons (Fsp3) is 0.214. The summed E-state index contributed by atoms with van der Waals surface area (Å²) in [5.74, 6) is 0. The molecular formula is C14H8F3N3S2. The maximum atomic E-state index is 13.2. The summed E-state index contributed by atoms with van der Waals surface area (Å²) in [6, 6.07) is 7.72. The van der Waals surface area contributed by atoms with Gasteiger partial charge < -0.3 is 0 Å². The molecule has 2 heterocycles. The fourth-order valence-electron chi connectivity index (χ4n) is 1.68. The molecular weight excluding hydrogens is 331 g/mol. The molecule has 2 aromatic rings. The summed E-state index contributed by atoms with van der Waals surface area (Å²) in [5, 5.41) is 19.0. The molecule has 0 aromatic carbocycles. The summed E-state index contributed by atoms with van der Waals surface area (Å²) < 4.78 is 39.6. The van der Waals surface area contributed by atoms with Gasteiger partial charge in [0.25, 0.3) is 0 Å². The first kappa shape index (κ1) is 16.3. The standard InChI is InChI=1S/C14H8F3N3S2/c1-8(6-18)22-13-9(7-19)10(14(15,16)17)5-11(20-13)12-3-2-4-21-12/h2-5,8H,1H3/t8-/m0/s1. The topological polar surface area (TPSA) is 60.5 Å². The Morgan fingerprint density at radius 3 is 2.59 bits per heavy atom. The lowest BCUT2D eigenvalue weighted by Gasteiger charge is -2.14. The minimum Gasteiger partial charge on any atom is -0.239 e. The van der Waals surface area contributed by atoms with Crippen LogP contribution in [0, 0.1) is 22.7 Å². The van der Waals surface area contributed by atoms with Crippen LogP contribution >= 0.6 is 23.1 Å². The van der Waals surface area contributed by atoms with Crippen molar-refractivity contribution in [3.05, 3.63) is 34.7 Å². The average molecular weight is 339 g/mol. The van der Waals surface area contributed by atoms with E-state index in [4.69, 9.17) is 10.5 Å². The first-order valence-corrected chi connectivity index (χ1v) is 7.75. The summed E-state index contributed by atoms with van der Waals surface area (Å²) >= 11 is 2.10. The van der Waals surface area contributed by atoms with E-state index in [1.54, 1.807) is 30.5 Å². The molecule has 0 aliphatic rings. The van der Waals surface area contributed by atoms with Gasteiger partial charge in [0.05, 0.1) is 33.0 Å². The summed E-state index contributed by atoms with van der Waals surface area (Å²) in [7, 11) is 0. The molecule has 0 spiro atoms. The number of aromatic nitrogens is 1. The second-order valence-electron chi connectivity index (χ2n) is 4.21. The highest BCUT2D eigenvalue weighted by molar-refractivity contribution is 8.00. The van der Waals surface area contributed by atoms with Gasteiger partial charge in [-0.3, -0.25) is 0 Å². The Bertz CT molecular complexity index is 755. The number of hydrogen-bond donors (Lipinski definition) is 0. The molecule has 0 saturated carbocycles. The van der Waals surface area contributed by atoms with Crippen LogP contribution in [0.1, 0.15) is 18.1 Å². The van der Waals surface area contributed by atoms with Crippen LogP contribution < -0.4 is 0 Å². The molecule has 0 saturated heterocycles. The van der Waals surface area contributed by atoms with Crippen LogP contribution in [0.2, 0.25) is 0 Å². The van der Waals surface area contributed by atoms with Crippen molar-refractivity contribution >= 4 is 23.1 Å². The van der Waals surface area contributed by atoms with E-state index >= 15 is 0 Å². The molecule has 1 atom stereocenters. The number of nitrogens with zero attached hydrogens (tertiary/aromatic N) is 3. The zero-order chi connectivity index (χ0) is 16.3. The molecule has 0 fully saturated rings. The van der Waals surface area contributed by atoms with Crippen molar-refractivity contribution < 1.29 is 13.2 Å². The first-order chi connectivity index (χ1) is 10.4. The maximum absolute atomic E-state index is 13.2. The van der Waals surface area contributed by atoms with E-state index in [1.165, 1.54) is 11.3 Å². The first-order valence-electron chi connectivity index (χ1n) is 5.99. The highest BCUT2D eigenvalue weighted by Gasteiger charge is 2.36. The summed E-state index contributed by atoms with van der Waals surface area (Å²) in [6.07, 6.45) is -4.66. The van der Waals surface area contributed by atoms with Crippen molar-refractivity contribution in [1.29, 1.82) is 10.5 Å². The molecule has 3 nitrogen and oxygen atoms in total. The monoisotopic (exact) mass is 339 g/mol. The smallest absolute Gasteiger partial charge is 0.239 e. The number of pyridine rings is 1. The minimum atomic E-state index is -4.66. The number of alkyl halides is 3. The Labute approximate surface area is 133 Å². The van der Waals surface area contributed by atoms with Gasteiger partial charge in [-0.1, -0.05) is 17.8 Å². The Hall–Kier alpha value is -2.03. The van der Waals surface area contributed by atoms with Gasteiger partial charge in [0.1, 0.15) is 11.1 Å². The molecule has 2 aromatic heterocycles. The molecule has 2 rings (SSSR count). The normalized spacial score (nSPS) is 12.5.